The Kier molecular flexibility index (Phi) is 4.26. The minimum absolute atomic E-state index is 0.137. The summed E-state index contributed by atoms with van der Waals surface area (Å²) >= 11 is 0. The number of phenolic OH excluding ortho intramolecular Hbond substituents is 1. The van der Waals surface area contributed by atoms with Gasteiger partial charge in [-0.15, -0.1) is 0 Å². The number of hydrogen-bond donors (Lipinski definition) is 2. The Balaban J connectivity index is 2.08. The fourth-order valence-corrected chi connectivity index (χ4v) is 2.80. The number of hydrogen-bond acceptors (Lipinski definition) is 4. The molecule has 4 nitrogen and oxygen atoms in total. The van der Waals surface area contributed by atoms with E-state index in [1.165, 1.54) is 0 Å². The van der Waals surface area contributed by atoms with E-state index in [2.05, 4.69) is 0 Å². The Morgan fingerprint density at radius 1 is 1.13 bits per heavy atom. The highest BCUT2D eigenvalue weighted by molar-refractivity contribution is 5.91. The molecule has 4 heteroatoms. The third-order valence-corrected chi connectivity index (χ3v) is 4.05. The van der Waals surface area contributed by atoms with Crippen LogP contribution in [-0.4, -0.2) is 23.9 Å². The van der Waals surface area contributed by atoms with Gasteiger partial charge in [0.25, 0.3) is 0 Å². The molecule has 0 aliphatic carbocycles. The van der Waals surface area contributed by atoms with E-state index in [1.807, 2.05) is 37.3 Å². The van der Waals surface area contributed by atoms with Gasteiger partial charge in [-0.3, -0.25) is 0 Å². The molecular formula is C19H20O4. The molecule has 2 N–H and O–H groups in total. The van der Waals surface area contributed by atoms with Crippen LogP contribution in [-0.2, 0) is 6.42 Å². The van der Waals surface area contributed by atoms with Crippen LogP contribution in [0.2, 0.25) is 0 Å². The Bertz CT molecular complexity index is 815. The summed E-state index contributed by atoms with van der Waals surface area (Å²) in [5.74, 6) is 1.67. The van der Waals surface area contributed by atoms with Gasteiger partial charge in [-0.05, 0) is 61.7 Å². The molecule has 0 atom stereocenters. The van der Waals surface area contributed by atoms with Crippen molar-refractivity contribution < 1.29 is 19.4 Å². The number of aliphatic hydroxyl groups excluding tert-OH is 1. The van der Waals surface area contributed by atoms with E-state index in [1.54, 1.807) is 13.2 Å². The molecule has 3 rings (SSSR count). The maximum absolute atomic E-state index is 10.2. The van der Waals surface area contributed by atoms with Gasteiger partial charge in [0.15, 0.2) is 11.3 Å². The standard InChI is InChI=1S/C19H20O4/c1-12-16-10-13(4-3-9-20)11-17(21)19(16)23-18(12)14-5-7-15(22-2)8-6-14/h5-8,10-11,20-21H,3-4,9H2,1-2H3. The second-order valence-corrected chi connectivity index (χ2v) is 5.60. The lowest BCUT2D eigenvalue weighted by atomic mass is 10.0. The van der Waals surface area contributed by atoms with Gasteiger partial charge >= 0.3 is 0 Å². The van der Waals surface area contributed by atoms with Crippen molar-refractivity contribution in [1.29, 1.82) is 0 Å². The first-order valence-corrected chi connectivity index (χ1v) is 7.64. The smallest absolute Gasteiger partial charge is 0.176 e. The molecule has 0 radical (unpaired) electrons. The van der Waals surface area contributed by atoms with Crippen molar-refractivity contribution in [2.45, 2.75) is 19.8 Å². The molecule has 0 aliphatic rings. The molecule has 0 amide bonds. The Hall–Kier alpha value is -2.46. The largest absolute Gasteiger partial charge is 0.504 e. The normalized spacial score (nSPS) is 11.1. The molecule has 0 saturated carbocycles. The first-order chi connectivity index (χ1) is 11.1. The predicted octanol–water partition coefficient (Wildman–Crippen LogP) is 4.05. The van der Waals surface area contributed by atoms with Crippen molar-refractivity contribution in [2.75, 3.05) is 13.7 Å². The lowest BCUT2D eigenvalue weighted by molar-refractivity contribution is 0.288. The minimum atomic E-state index is 0.137. The summed E-state index contributed by atoms with van der Waals surface area (Å²) in [6.45, 7) is 2.13. The fraction of sp³-hybridized carbons (Fsp3) is 0.263. The van der Waals surface area contributed by atoms with E-state index < -0.39 is 0 Å². The number of ether oxygens (including phenoxy) is 1. The maximum Gasteiger partial charge on any atom is 0.176 e. The second-order valence-electron chi connectivity index (χ2n) is 5.60. The monoisotopic (exact) mass is 312 g/mol. The van der Waals surface area contributed by atoms with Gasteiger partial charge in [-0.25, -0.2) is 0 Å². The number of furan rings is 1. The van der Waals surface area contributed by atoms with Crippen LogP contribution in [0.25, 0.3) is 22.3 Å². The van der Waals surface area contributed by atoms with Gasteiger partial charge in [0.05, 0.1) is 7.11 Å². The minimum Gasteiger partial charge on any atom is -0.504 e. The molecule has 120 valence electrons. The lowest BCUT2D eigenvalue weighted by Crippen LogP contribution is -1.89. The van der Waals surface area contributed by atoms with Crippen molar-refractivity contribution in [3.63, 3.8) is 0 Å². The molecular weight excluding hydrogens is 292 g/mol. The van der Waals surface area contributed by atoms with Gasteiger partial charge in [0.1, 0.15) is 11.5 Å². The zero-order valence-corrected chi connectivity index (χ0v) is 13.3. The SMILES string of the molecule is COc1ccc(-c2oc3c(O)cc(CCCO)cc3c2C)cc1. The zero-order valence-electron chi connectivity index (χ0n) is 13.3. The molecule has 0 unspecified atom stereocenters. The third-order valence-electron chi connectivity index (χ3n) is 4.05. The van der Waals surface area contributed by atoms with E-state index in [9.17, 15) is 5.11 Å². The van der Waals surface area contributed by atoms with Gasteiger partial charge in [0, 0.05) is 23.1 Å². The molecule has 0 bridgehead atoms. The van der Waals surface area contributed by atoms with Crippen LogP contribution in [0.15, 0.2) is 40.8 Å². The highest BCUT2D eigenvalue weighted by Gasteiger charge is 2.16. The summed E-state index contributed by atoms with van der Waals surface area (Å²) in [6.07, 6.45) is 1.40. The quantitative estimate of drug-likeness (QED) is 0.746. The molecule has 0 fully saturated rings. The number of methoxy groups -OCH3 is 1. The molecule has 0 aliphatic heterocycles. The second kappa shape index (κ2) is 6.34. The van der Waals surface area contributed by atoms with Gasteiger partial charge in [-0.1, -0.05) is 0 Å². The van der Waals surface area contributed by atoms with Gasteiger partial charge < -0.3 is 19.4 Å². The average Bonchev–Trinajstić information content (AvgIpc) is 2.91. The summed E-state index contributed by atoms with van der Waals surface area (Å²) in [6, 6.07) is 11.4. The number of aryl methyl sites for hydroxylation is 2. The summed E-state index contributed by atoms with van der Waals surface area (Å²) in [7, 11) is 1.63. The Morgan fingerprint density at radius 3 is 2.52 bits per heavy atom. The van der Waals surface area contributed by atoms with E-state index in [4.69, 9.17) is 14.3 Å². The summed E-state index contributed by atoms with van der Waals surface area (Å²) in [5, 5.41) is 20.1. The van der Waals surface area contributed by atoms with Gasteiger partial charge in [-0.2, -0.15) is 0 Å². The lowest BCUT2D eigenvalue weighted by Gasteiger charge is -2.02. The molecule has 3 aromatic rings. The van der Waals surface area contributed by atoms with E-state index >= 15 is 0 Å². The van der Waals surface area contributed by atoms with Crippen LogP contribution in [0.1, 0.15) is 17.5 Å². The molecule has 23 heavy (non-hydrogen) atoms. The average molecular weight is 312 g/mol. The first kappa shape index (κ1) is 15.4. The van der Waals surface area contributed by atoms with Gasteiger partial charge in [0.2, 0.25) is 0 Å². The first-order valence-electron chi connectivity index (χ1n) is 7.64. The van der Waals surface area contributed by atoms with Crippen LogP contribution in [0.5, 0.6) is 11.5 Å². The molecule has 1 aromatic heterocycles. The van der Waals surface area contributed by atoms with Crippen molar-refractivity contribution in [3.05, 3.63) is 47.5 Å². The van der Waals surface area contributed by atoms with E-state index in [0.29, 0.717) is 12.0 Å². The fourth-order valence-electron chi connectivity index (χ4n) is 2.80. The number of fused-ring (bicyclic) bond motifs is 1. The van der Waals surface area contributed by atoms with E-state index in [0.717, 1.165) is 40.0 Å². The van der Waals surface area contributed by atoms with Crippen LogP contribution in [0.4, 0.5) is 0 Å². The summed E-state index contributed by atoms with van der Waals surface area (Å²) < 4.78 is 11.1. The highest BCUT2D eigenvalue weighted by atomic mass is 16.5. The summed E-state index contributed by atoms with van der Waals surface area (Å²) in [5.41, 5.74) is 3.43. The van der Waals surface area contributed by atoms with Crippen LogP contribution >= 0.6 is 0 Å². The highest BCUT2D eigenvalue weighted by Crippen LogP contribution is 2.38. The van der Waals surface area contributed by atoms with E-state index in [-0.39, 0.29) is 12.4 Å². The third kappa shape index (κ3) is 2.90. The van der Waals surface area contributed by atoms with Crippen molar-refractivity contribution >= 4 is 11.0 Å². The maximum atomic E-state index is 10.2. The Morgan fingerprint density at radius 2 is 1.87 bits per heavy atom. The van der Waals surface area contributed by atoms with Crippen molar-refractivity contribution in [3.8, 4) is 22.8 Å². The number of aromatic hydroxyl groups is 1. The van der Waals surface area contributed by atoms with Crippen molar-refractivity contribution in [1.82, 2.24) is 0 Å². The Labute approximate surface area is 134 Å². The zero-order chi connectivity index (χ0) is 16.4. The molecule has 1 heterocycles. The van der Waals surface area contributed by atoms with Crippen LogP contribution in [0, 0.1) is 6.92 Å². The van der Waals surface area contributed by atoms with Crippen LogP contribution in [0.3, 0.4) is 0 Å². The number of aliphatic hydroxyl groups is 1. The summed E-state index contributed by atoms with van der Waals surface area (Å²) in [4.78, 5) is 0. The molecule has 2 aromatic carbocycles. The number of benzene rings is 2. The topological polar surface area (TPSA) is 62.8 Å². The number of phenols is 1. The predicted molar refractivity (Wildman–Crippen MR) is 90.0 cm³/mol. The van der Waals surface area contributed by atoms with Crippen LogP contribution < -0.4 is 4.74 Å². The molecule has 0 saturated heterocycles. The number of rotatable bonds is 5. The molecule has 0 spiro atoms. The van der Waals surface area contributed by atoms with Crippen molar-refractivity contribution in [2.24, 2.45) is 0 Å².